The Morgan fingerprint density at radius 2 is 2.08 bits per heavy atom. The molecule has 2 heterocycles. The first kappa shape index (κ1) is 16.6. The van der Waals surface area contributed by atoms with Crippen molar-refractivity contribution in [1.29, 1.82) is 0 Å². The van der Waals surface area contributed by atoms with E-state index in [2.05, 4.69) is 26.4 Å². The third-order valence-electron chi connectivity index (χ3n) is 3.48. The molecule has 3 aromatic rings. The standard InChI is InChI=1S/C17H18N6O2/c1-25-11-13-4-2-3-12(7-13)9-23-10-14(8-21-23)22-17(24)15-16(18)20-6-5-19-15/h2-8,10H,9,11H2,1H3,(H2,18,20)(H,22,24). The minimum atomic E-state index is -0.424. The van der Waals surface area contributed by atoms with E-state index in [1.165, 1.54) is 12.4 Å². The first-order chi connectivity index (χ1) is 12.2. The van der Waals surface area contributed by atoms with E-state index < -0.39 is 5.91 Å². The summed E-state index contributed by atoms with van der Waals surface area (Å²) in [5, 5.41) is 6.97. The van der Waals surface area contributed by atoms with Crippen molar-refractivity contribution in [2.75, 3.05) is 18.2 Å². The van der Waals surface area contributed by atoms with E-state index >= 15 is 0 Å². The first-order valence-corrected chi connectivity index (χ1v) is 7.63. The van der Waals surface area contributed by atoms with Crippen LogP contribution in [0.15, 0.2) is 49.1 Å². The zero-order valence-corrected chi connectivity index (χ0v) is 13.7. The summed E-state index contributed by atoms with van der Waals surface area (Å²) in [5.74, 6) is -0.338. The highest BCUT2D eigenvalue weighted by atomic mass is 16.5. The molecule has 0 atom stereocenters. The number of nitrogens with one attached hydrogen (secondary N) is 1. The molecule has 0 radical (unpaired) electrons. The predicted octanol–water partition coefficient (Wildman–Crippen LogP) is 1.70. The number of hydrogen-bond donors (Lipinski definition) is 2. The molecule has 0 saturated carbocycles. The lowest BCUT2D eigenvalue weighted by atomic mass is 10.1. The number of carbonyl (C=O) groups is 1. The Labute approximate surface area is 144 Å². The first-order valence-electron chi connectivity index (χ1n) is 7.63. The predicted molar refractivity (Wildman–Crippen MR) is 92.9 cm³/mol. The minimum absolute atomic E-state index is 0.0855. The van der Waals surface area contributed by atoms with Gasteiger partial charge in [0.2, 0.25) is 0 Å². The van der Waals surface area contributed by atoms with Crippen LogP contribution in [0.1, 0.15) is 21.6 Å². The summed E-state index contributed by atoms with van der Waals surface area (Å²) in [5.41, 5.74) is 8.49. The molecule has 3 N–H and O–H groups in total. The van der Waals surface area contributed by atoms with Crippen LogP contribution < -0.4 is 11.1 Å². The molecule has 0 aliphatic carbocycles. The van der Waals surface area contributed by atoms with Crippen molar-refractivity contribution >= 4 is 17.4 Å². The van der Waals surface area contributed by atoms with Gasteiger partial charge in [-0.15, -0.1) is 0 Å². The van der Waals surface area contributed by atoms with Gasteiger partial charge in [-0.25, -0.2) is 9.97 Å². The van der Waals surface area contributed by atoms with Crippen molar-refractivity contribution in [3.05, 3.63) is 65.9 Å². The number of nitrogen functional groups attached to an aromatic ring is 1. The Morgan fingerprint density at radius 3 is 2.88 bits per heavy atom. The van der Waals surface area contributed by atoms with Gasteiger partial charge in [0.1, 0.15) is 0 Å². The number of nitrogens with two attached hydrogens (primary N) is 1. The van der Waals surface area contributed by atoms with E-state index in [0.717, 1.165) is 11.1 Å². The van der Waals surface area contributed by atoms with Crippen molar-refractivity contribution in [2.45, 2.75) is 13.2 Å². The van der Waals surface area contributed by atoms with Crippen molar-refractivity contribution in [3.63, 3.8) is 0 Å². The number of methoxy groups -OCH3 is 1. The van der Waals surface area contributed by atoms with Gasteiger partial charge >= 0.3 is 0 Å². The van der Waals surface area contributed by atoms with Crippen LogP contribution in [0, 0.1) is 0 Å². The van der Waals surface area contributed by atoms with Crippen LogP contribution in [0.2, 0.25) is 0 Å². The second kappa shape index (κ2) is 7.54. The zero-order valence-electron chi connectivity index (χ0n) is 13.7. The molecule has 8 heteroatoms. The van der Waals surface area contributed by atoms with Gasteiger partial charge in [0.15, 0.2) is 11.5 Å². The summed E-state index contributed by atoms with van der Waals surface area (Å²) < 4.78 is 6.88. The third-order valence-corrected chi connectivity index (χ3v) is 3.48. The van der Waals surface area contributed by atoms with E-state index in [-0.39, 0.29) is 11.5 Å². The smallest absolute Gasteiger partial charge is 0.278 e. The summed E-state index contributed by atoms with van der Waals surface area (Å²) in [6.45, 7) is 1.15. The second-order valence-electron chi connectivity index (χ2n) is 5.42. The number of rotatable bonds is 6. The summed E-state index contributed by atoms with van der Waals surface area (Å²) in [4.78, 5) is 20.0. The number of anilines is 2. The van der Waals surface area contributed by atoms with Gasteiger partial charge in [-0.2, -0.15) is 5.10 Å². The molecule has 8 nitrogen and oxygen atoms in total. The van der Waals surface area contributed by atoms with E-state index in [1.54, 1.807) is 24.2 Å². The molecule has 128 valence electrons. The Bertz CT molecular complexity index is 877. The molecule has 0 aliphatic heterocycles. The average molecular weight is 338 g/mol. The number of amides is 1. The number of hydrogen-bond acceptors (Lipinski definition) is 6. The highest BCUT2D eigenvalue weighted by molar-refractivity contribution is 6.05. The molecule has 2 aromatic heterocycles. The topological polar surface area (TPSA) is 108 Å². The van der Waals surface area contributed by atoms with Crippen LogP contribution in [0.5, 0.6) is 0 Å². The highest BCUT2D eigenvalue weighted by Crippen LogP contribution is 2.12. The van der Waals surface area contributed by atoms with E-state index in [9.17, 15) is 4.79 Å². The number of ether oxygens (including phenoxy) is 1. The lowest BCUT2D eigenvalue weighted by molar-refractivity contribution is 0.102. The van der Waals surface area contributed by atoms with Gasteiger partial charge in [0.25, 0.3) is 5.91 Å². The Balaban J connectivity index is 1.67. The van der Waals surface area contributed by atoms with Crippen LogP contribution in [0.3, 0.4) is 0 Å². The largest absolute Gasteiger partial charge is 0.382 e. The number of carbonyl (C=O) groups excluding carboxylic acids is 1. The van der Waals surface area contributed by atoms with Crippen molar-refractivity contribution in [2.24, 2.45) is 0 Å². The molecule has 0 unspecified atom stereocenters. The van der Waals surface area contributed by atoms with Gasteiger partial charge in [-0.1, -0.05) is 24.3 Å². The fourth-order valence-electron chi connectivity index (χ4n) is 2.40. The van der Waals surface area contributed by atoms with Gasteiger partial charge in [-0.3, -0.25) is 9.48 Å². The van der Waals surface area contributed by atoms with Gasteiger partial charge in [0.05, 0.1) is 25.0 Å². The quantitative estimate of drug-likeness (QED) is 0.708. The summed E-state index contributed by atoms with van der Waals surface area (Å²) in [7, 11) is 1.67. The van der Waals surface area contributed by atoms with Gasteiger partial charge in [-0.05, 0) is 11.1 Å². The molecule has 1 aromatic carbocycles. The molecular formula is C17H18N6O2. The molecule has 25 heavy (non-hydrogen) atoms. The van der Waals surface area contributed by atoms with Crippen molar-refractivity contribution in [1.82, 2.24) is 19.7 Å². The minimum Gasteiger partial charge on any atom is -0.382 e. The molecule has 0 bridgehead atoms. The average Bonchev–Trinajstić information content (AvgIpc) is 3.02. The lowest BCUT2D eigenvalue weighted by Gasteiger charge is -2.05. The molecule has 0 spiro atoms. The molecular weight excluding hydrogens is 320 g/mol. The van der Waals surface area contributed by atoms with Crippen LogP contribution >= 0.6 is 0 Å². The van der Waals surface area contributed by atoms with Crippen LogP contribution in [-0.4, -0.2) is 32.8 Å². The maximum absolute atomic E-state index is 12.2. The maximum atomic E-state index is 12.2. The van der Waals surface area contributed by atoms with Crippen molar-refractivity contribution in [3.8, 4) is 0 Å². The second-order valence-corrected chi connectivity index (χ2v) is 5.42. The third kappa shape index (κ3) is 4.18. The Morgan fingerprint density at radius 1 is 1.28 bits per heavy atom. The SMILES string of the molecule is COCc1cccc(Cn2cc(NC(=O)c3nccnc3N)cn2)c1. The zero-order chi connectivity index (χ0) is 17.6. The molecule has 0 saturated heterocycles. The monoisotopic (exact) mass is 338 g/mol. The Kier molecular flexibility index (Phi) is 5.00. The summed E-state index contributed by atoms with van der Waals surface area (Å²) in [6.07, 6.45) is 6.17. The van der Waals surface area contributed by atoms with Crippen LogP contribution in [0.4, 0.5) is 11.5 Å². The highest BCUT2D eigenvalue weighted by Gasteiger charge is 2.13. The van der Waals surface area contributed by atoms with E-state index in [1.807, 2.05) is 18.2 Å². The number of aromatic nitrogens is 4. The maximum Gasteiger partial charge on any atom is 0.278 e. The molecule has 3 rings (SSSR count). The number of nitrogens with zero attached hydrogens (tertiary/aromatic N) is 4. The Hall–Kier alpha value is -3.26. The molecule has 1 amide bonds. The van der Waals surface area contributed by atoms with Crippen LogP contribution in [-0.2, 0) is 17.9 Å². The van der Waals surface area contributed by atoms with Gasteiger partial charge in [0, 0.05) is 25.7 Å². The summed E-state index contributed by atoms with van der Waals surface area (Å²) >= 11 is 0. The fourth-order valence-corrected chi connectivity index (χ4v) is 2.40. The molecule has 0 fully saturated rings. The summed E-state index contributed by atoms with van der Waals surface area (Å²) in [6, 6.07) is 8.06. The van der Waals surface area contributed by atoms with Gasteiger partial charge < -0.3 is 15.8 Å². The van der Waals surface area contributed by atoms with Crippen LogP contribution in [0.25, 0.3) is 0 Å². The van der Waals surface area contributed by atoms with Crippen molar-refractivity contribution < 1.29 is 9.53 Å². The van der Waals surface area contributed by atoms with E-state index in [0.29, 0.717) is 18.8 Å². The number of benzene rings is 1. The lowest BCUT2D eigenvalue weighted by Crippen LogP contribution is -2.16. The van der Waals surface area contributed by atoms with E-state index in [4.69, 9.17) is 10.5 Å². The normalized spacial score (nSPS) is 10.6. The fraction of sp³-hybridized carbons (Fsp3) is 0.176. The molecule has 0 aliphatic rings.